The lowest BCUT2D eigenvalue weighted by Gasteiger charge is -2.26. The second kappa shape index (κ2) is 12.6. The van der Waals surface area contributed by atoms with Gasteiger partial charge in [-0.15, -0.1) is 0 Å². The molecule has 0 amide bonds. The molecule has 0 N–H and O–H groups in total. The van der Waals surface area contributed by atoms with Crippen molar-refractivity contribution in [3.63, 3.8) is 0 Å². The number of fused-ring (bicyclic) bond motifs is 1. The zero-order valence-corrected chi connectivity index (χ0v) is 26.3. The summed E-state index contributed by atoms with van der Waals surface area (Å²) in [6.07, 6.45) is 1.51. The second-order valence-electron chi connectivity index (χ2n) is 9.39. The van der Waals surface area contributed by atoms with E-state index in [9.17, 15) is 24.1 Å². The Morgan fingerprint density at radius 1 is 1.20 bits per heavy atom. The molecule has 2 aromatic carbocycles. The first-order valence-electron chi connectivity index (χ1n) is 13.3. The first-order chi connectivity index (χ1) is 21.1. The van der Waals surface area contributed by atoms with Crippen LogP contribution in [0.25, 0.3) is 17.4 Å². The van der Waals surface area contributed by atoms with E-state index in [-0.39, 0.29) is 28.2 Å². The number of rotatable bonds is 9. The molecule has 1 aliphatic heterocycles. The lowest BCUT2D eigenvalue weighted by molar-refractivity contribution is -0.387. The molecule has 0 saturated heterocycles. The van der Waals surface area contributed by atoms with E-state index in [0.29, 0.717) is 44.2 Å². The third-order valence-corrected chi connectivity index (χ3v) is 8.39. The topological polar surface area (TPSA) is 135 Å². The van der Waals surface area contributed by atoms with Gasteiger partial charge in [0.1, 0.15) is 11.5 Å². The van der Waals surface area contributed by atoms with Crippen molar-refractivity contribution in [2.75, 3.05) is 20.3 Å². The summed E-state index contributed by atoms with van der Waals surface area (Å²) in [5.41, 5.74) is 0.300. The van der Waals surface area contributed by atoms with Gasteiger partial charge >= 0.3 is 11.7 Å². The maximum atomic E-state index is 14.0. The molecule has 3 heterocycles. The largest absolute Gasteiger partial charge is 0.493 e. The Labute approximate surface area is 261 Å². The van der Waals surface area contributed by atoms with E-state index in [2.05, 4.69) is 20.9 Å². The molecule has 11 nitrogen and oxygen atoms in total. The van der Waals surface area contributed by atoms with Gasteiger partial charge in [-0.05, 0) is 62.7 Å². The average molecular weight is 687 g/mol. The van der Waals surface area contributed by atoms with Crippen molar-refractivity contribution in [3.8, 4) is 22.8 Å². The number of esters is 1. The lowest BCUT2D eigenvalue weighted by atomic mass is 9.95. The van der Waals surface area contributed by atoms with Crippen LogP contribution in [0.1, 0.15) is 38.1 Å². The van der Waals surface area contributed by atoms with E-state index in [1.54, 1.807) is 38.1 Å². The molecule has 0 fully saturated rings. The van der Waals surface area contributed by atoms with Gasteiger partial charge < -0.3 is 18.6 Å². The maximum Gasteiger partial charge on any atom is 0.338 e. The predicted octanol–water partition coefficient (Wildman–Crippen LogP) is 5.28. The number of aromatic nitrogens is 1. The van der Waals surface area contributed by atoms with Crippen LogP contribution in [0.5, 0.6) is 11.5 Å². The fourth-order valence-corrected chi connectivity index (χ4v) is 6.36. The van der Waals surface area contributed by atoms with E-state index in [4.69, 9.17) is 18.6 Å². The summed E-state index contributed by atoms with van der Waals surface area (Å²) in [7, 11) is 1.50. The fraction of sp³-hybridized carbons (Fsp3) is 0.233. The minimum atomic E-state index is -0.963. The molecule has 0 unspecified atom stereocenters. The number of furan rings is 1. The summed E-state index contributed by atoms with van der Waals surface area (Å²) in [4.78, 5) is 42.5. The summed E-state index contributed by atoms with van der Waals surface area (Å²) in [5.74, 6) is -0.159. The number of hydrogen-bond acceptors (Lipinski definition) is 10. The second-order valence-corrected chi connectivity index (χ2v) is 11.2. The number of methoxy groups -OCH3 is 1. The van der Waals surface area contributed by atoms with Crippen LogP contribution in [0.2, 0.25) is 0 Å². The number of nitrogens with zero attached hydrogens (tertiary/aromatic N) is 3. The van der Waals surface area contributed by atoms with E-state index in [1.165, 1.54) is 23.8 Å². The standard InChI is InChI=1S/C30H25BrFN3O8S/c1-5-41-24-14-19(31)18(13-23(24)40-4)27-26(29(37)42-6-2)15(3)33-30-34(27)28(36)25(44-30)12-17-8-10-22(43-17)16-7-9-20(32)21(11-16)35(38)39/h7-14,27H,5-6H2,1-4H3/b25-12+/t27-/m1/s1. The van der Waals surface area contributed by atoms with Crippen LogP contribution < -0.4 is 24.4 Å². The molecular formula is C30H25BrFN3O8S. The van der Waals surface area contributed by atoms with Gasteiger partial charge in [-0.3, -0.25) is 19.5 Å². The van der Waals surface area contributed by atoms with Gasteiger partial charge in [0.25, 0.3) is 5.56 Å². The van der Waals surface area contributed by atoms with E-state index >= 15 is 0 Å². The van der Waals surface area contributed by atoms with Gasteiger partial charge in [0, 0.05) is 22.2 Å². The molecule has 14 heteroatoms. The Morgan fingerprint density at radius 3 is 2.66 bits per heavy atom. The van der Waals surface area contributed by atoms with Crippen molar-refractivity contribution >= 4 is 45.0 Å². The summed E-state index contributed by atoms with van der Waals surface area (Å²) >= 11 is 4.69. The zero-order chi connectivity index (χ0) is 31.7. The molecule has 228 valence electrons. The molecule has 1 aliphatic rings. The number of halogens is 2. The minimum absolute atomic E-state index is 0.124. The van der Waals surface area contributed by atoms with Crippen molar-refractivity contribution in [1.29, 1.82) is 0 Å². The molecule has 2 aromatic heterocycles. The number of nitro groups is 1. The van der Waals surface area contributed by atoms with Crippen LogP contribution in [0.15, 0.2) is 72.4 Å². The lowest BCUT2D eigenvalue weighted by Crippen LogP contribution is -2.40. The van der Waals surface area contributed by atoms with E-state index < -0.39 is 34.0 Å². The van der Waals surface area contributed by atoms with Gasteiger partial charge in [-0.1, -0.05) is 27.3 Å². The van der Waals surface area contributed by atoms with Gasteiger partial charge in [0.15, 0.2) is 16.3 Å². The number of allylic oxidation sites excluding steroid dienone is 1. The average Bonchev–Trinajstić information content (AvgIpc) is 3.57. The molecule has 5 rings (SSSR count). The smallest absolute Gasteiger partial charge is 0.338 e. The molecule has 0 radical (unpaired) electrons. The molecule has 4 aromatic rings. The van der Waals surface area contributed by atoms with Crippen molar-refractivity contribution in [2.45, 2.75) is 26.8 Å². The van der Waals surface area contributed by atoms with Crippen molar-refractivity contribution in [1.82, 2.24) is 4.57 Å². The summed E-state index contributed by atoms with van der Waals surface area (Å²) in [6.45, 7) is 5.73. The van der Waals surface area contributed by atoms with Crippen LogP contribution in [0, 0.1) is 15.9 Å². The Bertz CT molecular complexity index is 2010. The Hall–Kier alpha value is -4.56. The number of carbonyl (C=O) groups is 1. The maximum absolute atomic E-state index is 14.0. The third-order valence-electron chi connectivity index (χ3n) is 6.72. The van der Waals surface area contributed by atoms with Gasteiger partial charge in [0.2, 0.25) is 5.82 Å². The molecule has 0 saturated carbocycles. The van der Waals surface area contributed by atoms with Crippen LogP contribution >= 0.6 is 27.3 Å². The first kappa shape index (κ1) is 30.9. The quantitative estimate of drug-likeness (QED) is 0.132. The van der Waals surface area contributed by atoms with Crippen molar-refractivity contribution in [3.05, 3.63) is 105 Å². The summed E-state index contributed by atoms with van der Waals surface area (Å²) in [5, 5.41) is 11.2. The molecule has 44 heavy (non-hydrogen) atoms. The van der Waals surface area contributed by atoms with Crippen molar-refractivity contribution < 1.29 is 32.7 Å². The van der Waals surface area contributed by atoms with Crippen LogP contribution in [-0.2, 0) is 9.53 Å². The van der Waals surface area contributed by atoms with Gasteiger partial charge in [-0.2, -0.15) is 4.39 Å². The first-order valence-corrected chi connectivity index (χ1v) is 14.9. The molecule has 0 bridgehead atoms. The zero-order valence-electron chi connectivity index (χ0n) is 23.9. The number of ether oxygens (including phenoxy) is 3. The van der Waals surface area contributed by atoms with Crippen LogP contribution in [-0.4, -0.2) is 35.8 Å². The fourth-order valence-electron chi connectivity index (χ4n) is 4.79. The van der Waals surface area contributed by atoms with E-state index in [1.807, 2.05) is 6.92 Å². The van der Waals surface area contributed by atoms with E-state index in [0.717, 1.165) is 23.5 Å². The Balaban J connectivity index is 1.66. The summed E-state index contributed by atoms with van der Waals surface area (Å²) < 4.78 is 38.6. The molecule has 0 aliphatic carbocycles. The number of carbonyl (C=O) groups excluding carboxylic acids is 1. The van der Waals surface area contributed by atoms with Gasteiger partial charge in [-0.25, -0.2) is 9.79 Å². The summed E-state index contributed by atoms with van der Waals surface area (Å²) in [6, 6.07) is 9.09. The molecule has 1 atom stereocenters. The highest BCUT2D eigenvalue weighted by molar-refractivity contribution is 9.10. The third kappa shape index (κ3) is 5.69. The normalized spacial score (nSPS) is 14.7. The highest BCUT2D eigenvalue weighted by Crippen LogP contribution is 2.41. The Kier molecular flexibility index (Phi) is 8.83. The molecule has 0 spiro atoms. The number of nitro benzene ring substituents is 1. The molecular weight excluding hydrogens is 661 g/mol. The number of thiazole rings is 1. The monoisotopic (exact) mass is 685 g/mol. The number of benzene rings is 2. The highest BCUT2D eigenvalue weighted by atomic mass is 79.9. The van der Waals surface area contributed by atoms with Crippen molar-refractivity contribution in [2.24, 2.45) is 4.99 Å². The minimum Gasteiger partial charge on any atom is -0.493 e. The van der Waals surface area contributed by atoms with Crippen LogP contribution in [0.4, 0.5) is 10.1 Å². The van der Waals surface area contributed by atoms with Gasteiger partial charge in [0.05, 0.1) is 47.1 Å². The predicted molar refractivity (Wildman–Crippen MR) is 163 cm³/mol. The SMILES string of the molecule is CCOC(=O)C1=C(C)N=c2s/c(=C/c3ccc(-c4ccc(F)c([N+](=O)[O-])c4)o3)c(=O)n2[C@@H]1c1cc(OC)c(OCC)cc1Br. The number of hydrogen-bond donors (Lipinski definition) is 0. The van der Waals surface area contributed by atoms with Crippen LogP contribution in [0.3, 0.4) is 0 Å². The Morgan fingerprint density at radius 2 is 1.98 bits per heavy atom. The highest BCUT2D eigenvalue weighted by Gasteiger charge is 2.35.